The normalized spacial score (nSPS) is 10.1. The van der Waals surface area contributed by atoms with Crippen LogP contribution in [-0.2, 0) is 7.05 Å². The number of nitrogens with two attached hydrogens (primary N) is 1. The zero-order valence-electron chi connectivity index (χ0n) is 9.49. The second kappa shape index (κ2) is 5.60. The molecule has 0 saturated carbocycles. The molecule has 5 nitrogen and oxygen atoms in total. The predicted octanol–water partition coefficient (Wildman–Crippen LogP) is 0.525. The molecule has 3 N–H and O–H groups in total. The van der Waals surface area contributed by atoms with Gasteiger partial charge >= 0.3 is 0 Å². The van der Waals surface area contributed by atoms with E-state index in [9.17, 15) is 4.79 Å². The second-order valence-corrected chi connectivity index (χ2v) is 4.15. The smallest absolute Gasteiger partial charge is 0.254 e. The highest BCUT2D eigenvalue weighted by molar-refractivity contribution is 7.80. The Balaban J connectivity index is 2.41. The van der Waals surface area contributed by atoms with Crippen molar-refractivity contribution in [2.24, 2.45) is 12.8 Å². The molecule has 0 unspecified atom stereocenters. The maximum absolute atomic E-state index is 11.7. The lowest BCUT2D eigenvalue weighted by Crippen LogP contribution is -2.25. The summed E-state index contributed by atoms with van der Waals surface area (Å²) in [6.07, 6.45) is 3.13. The van der Waals surface area contributed by atoms with E-state index in [0.29, 0.717) is 23.5 Å². The first-order valence-electron chi connectivity index (χ1n) is 5.07. The van der Waals surface area contributed by atoms with Gasteiger partial charge in [0.2, 0.25) is 0 Å². The predicted molar refractivity (Wildman–Crippen MR) is 66.3 cm³/mol. The lowest BCUT2D eigenvalue weighted by atomic mass is 10.2. The quantitative estimate of drug-likeness (QED) is 0.581. The summed E-state index contributed by atoms with van der Waals surface area (Å²) in [5.74, 6) is -0.103. The number of aryl methyl sites for hydroxylation is 2. The molecule has 1 aromatic heterocycles. The SMILES string of the molecule is Cc1nn(C)cc1C(=O)NCCCC(N)=S. The molecule has 0 aliphatic rings. The maximum atomic E-state index is 11.7. The molecule has 0 aromatic carbocycles. The van der Waals surface area contributed by atoms with Crippen molar-refractivity contribution in [2.45, 2.75) is 19.8 Å². The molecule has 1 heterocycles. The van der Waals surface area contributed by atoms with Gasteiger partial charge in [-0.1, -0.05) is 12.2 Å². The number of nitrogens with one attached hydrogen (secondary N) is 1. The molecule has 1 rings (SSSR count). The van der Waals surface area contributed by atoms with Crippen LogP contribution >= 0.6 is 12.2 Å². The van der Waals surface area contributed by atoms with Crippen LogP contribution in [-0.4, -0.2) is 27.2 Å². The van der Waals surface area contributed by atoms with Crippen molar-refractivity contribution in [3.63, 3.8) is 0 Å². The van der Waals surface area contributed by atoms with Gasteiger partial charge < -0.3 is 11.1 Å². The number of nitrogens with zero attached hydrogens (tertiary/aromatic N) is 2. The summed E-state index contributed by atoms with van der Waals surface area (Å²) in [6, 6.07) is 0. The van der Waals surface area contributed by atoms with Gasteiger partial charge in [-0.15, -0.1) is 0 Å². The third kappa shape index (κ3) is 3.62. The highest BCUT2D eigenvalue weighted by atomic mass is 32.1. The van der Waals surface area contributed by atoms with Gasteiger partial charge in [-0.3, -0.25) is 9.48 Å². The monoisotopic (exact) mass is 240 g/mol. The molecule has 0 spiro atoms. The van der Waals surface area contributed by atoms with Crippen molar-refractivity contribution >= 4 is 23.1 Å². The van der Waals surface area contributed by atoms with E-state index < -0.39 is 0 Å². The summed E-state index contributed by atoms with van der Waals surface area (Å²) in [6.45, 7) is 2.38. The molecule has 0 bridgehead atoms. The first-order chi connectivity index (χ1) is 7.50. The van der Waals surface area contributed by atoms with Crippen molar-refractivity contribution in [3.05, 3.63) is 17.5 Å². The van der Waals surface area contributed by atoms with Crippen LogP contribution in [0.1, 0.15) is 28.9 Å². The lowest BCUT2D eigenvalue weighted by molar-refractivity contribution is 0.0952. The van der Waals surface area contributed by atoms with Crippen LogP contribution in [0.2, 0.25) is 0 Å². The highest BCUT2D eigenvalue weighted by Crippen LogP contribution is 2.03. The van der Waals surface area contributed by atoms with Crippen LogP contribution in [0.5, 0.6) is 0 Å². The molecule has 0 aliphatic carbocycles. The summed E-state index contributed by atoms with van der Waals surface area (Å²) < 4.78 is 1.62. The lowest BCUT2D eigenvalue weighted by Gasteiger charge is -2.03. The van der Waals surface area contributed by atoms with Crippen molar-refractivity contribution in [1.82, 2.24) is 15.1 Å². The third-order valence-corrected chi connectivity index (χ3v) is 2.35. The van der Waals surface area contributed by atoms with Gasteiger partial charge in [0, 0.05) is 19.8 Å². The van der Waals surface area contributed by atoms with Gasteiger partial charge in [-0.2, -0.15) is 5.10 Å². The van der Waals surface area contributed by atoms with Gasteiger partial charge in [0.25, 0.3) is 5.91 Å². The Bertz CT molecular complexity index is 400. The molecule has 1 aromatic rings. The van der Waals surface area contributed by atoms with E-state index in [0.717, 1.165) is 12.1 Å². The van der Waals surface area contributed by atoms with Gasteiger partial charge in [0.05, 0.1) is 16.2 Å². The van der Waals surface area contributed by atoms with Gasteiger partial charge in [0.1, 0.15) is 0 Å². The van der Waals surface area contributed by atoms with E-state index in [1.165, 1.54) is 0 Å². The number of thiocarbonyl (C=S) groups is 1. The molecule has 16 heavy (non-hydrogen) atoms. The minimum absolute atomic E-state index is 0.103. The van der Waals surface area contributed by atoms with Gasteiger partial charge in [-0.05, 0) is 19.8 Å². The summed E-state index contributed by atoms with van der Waals surface area (Å²) in [7, 11) is 1.79. The Morgan fingerprint density at radius 1 is 1.69 bits per heavy atom. The number of carbonyl (C=O) groups excluding carboxylic acids is 1. The third-order valence-electron chi connectivity index (χ3n) is 2.14. The van der Waals surface area contributed by atoms with E-state index in [2.05, 4.69) is 10.4 Å². The fraction of sp³-hybridized carbons (Fsp3) is 0.500. The molecule has 0 atom stereocenters. The summed E-state index contributed by atoms with van der Waals surface area (Å²) in [5.41, 5.74) is 6.69. The van der Waals surface area contributed by atoms with Crippen molar-refractivity contribution in [1.29, 1.82) is 0 Å². The van der Waals surface area contributed by atoms with Gasteiger partial charge in [-0.25, -0.2) is 0 Å². The van der Waals surface area contributed by atoms with Crippen molar-refractivity contribution in [2.75, 3.05) is 6.54 Å². The van der Waals surface area contributed by atoms with Crippen LogP contribution in [0.3, 0.4) is 0 Å². The molecular formula is C10H16N4OS. The summed E-state index contributed by atoms with van der Waals surface area (Å²) in [4.78, 5) is 12.2. The Labute approximate surface area is 100 Å². The fourth-order valence-electron chi connectivity index (χ4n) is 1.38. The minimum Gasteiger partial charge on any atom is -0.393 e. The first-order valence-corrected chi connectivity index (χ1v) is 5.48. The Morgan fingerprint density at radius 2 is 2.38 bits per heavy atom. The van der Waals surface area contributed by atoms with Crippen LogP contribution in [0.25, 0.3) is 0 Å². The number of amides is 1. The molecule has 0 fully saturated rings. The number of hydrogen-bond donors (Lipinski definition) is 2. The molecule has 1 amide bonds. The highest BCUT2D eigenvalue weighted by Gasteiger charge is 2.11. The first kappa shape index (κ1) is 12.6. The topological polar surface area (TPSA) is 72.9 Å². The molecule has 88 valence electrons. The van der Waals surface area contributed by atoms with Crippen LogP contribution < -0.4 is 11.1 Å². The fourth-order valence-corrected chi connectivity index (χ4v) is 1.53. The average molecular weight is 240 g/mol. The number of aromatic nitrogens is 2. The van der Waals surface area contributed by atoms with E-state index >= 15 is 0 Å². The Morgan fingerprint density at radius 3 is 2.88 bits per heavy atom. The number of carbonyl (C=O) groups is 1. The Kier molecular flexibility index (Phi) is 4.42. The average Bonchev–Trinajstić information content (AvgIpc) is 2.52. The van der Waals surface area contributed by atoms with Crippen LogP contribution in [0.15, 0.2) is 6.20 Å². The zero-order valence-corrected chi connectivity index (χ0v) is 10.3. The largest absolute Gasteiger partial charge is 0.393 e. The molecular weight excluding hydrogens is 224 g/mol. The number of rotatable bonds is 5. The standard InChI is InChI=1S/C10H16N4OS/c1-7-8(6-14(2)13-7)10(15)12-5-3-4-9(11)16/h6H,3-5H2,1-2H3,(H2,11,16)(H,12,15). The molecule has 0 saturated heterocycles. The van der Waals surface area contributed by atoms with E-state index in [4.69, 9.17) is 18.0 Å². The van der Waals surface area contributed by atoms with E-state index in [1.807, 2.05) is 6.92 Å². The minimum atomic E-state index is -0.103. The van der Waals surface area contributed by atoms with Crippen molar-refractivity contribution in [3.8, 4) is 0 Å². The molecule has 0 aliphatic heterocycles. The van der Waals surface area contributed by atoms with E-state index in [-0.39, 0.29) is 5.91 Å². The maximum Gasteiger partial charge on any atom is 0.254 e. The molecule has 0 radical (unpaired) electrons. The van der Waals surface area contributed by atoms with Crippen LogP contribution in [0, 0.1) is 6.92 Å². The van der Waals surface area contributed by atoms with Crippen LogP contribution in [0.4, 0.5) is 0 Å². The molecule has 6 heteroatoms. The summed E-state index contributed by atoms with van der Waals surface area (Å²) >= 11 is 4.74. The number of hydrogen-bond acceptors (Lipinski definition) is 3. The second-order valence-electron chi connectivity index (χ2n) is 3.63. The van der Waals surface area contributed by atoms with E-state index in [1.54, 1.807) is 17.9 Å². The van der Waals surface area contributed by atoms with Gasteiger partial charge in [0.15, 0.2) is 0 Å². The zero-order chi connectivity index (χ0) is 12.1. The van der Waals surface area contributed by atoms with Crippen molar-refractivity contribution < 1.29 is 4.79 Å². The Hall–Kier alpha value is -1.43. The summed E-state index contributed by atoms with van der Waals surface area (Å²) in [5, 5.41) is 6.90.